The van der Waals surface area contributed by atoms with Gasteiger partial charge in [0.15, 0.2) is 0 Å². The van der Waals surface area contributed by atoms with E-state index in [1.54, 1.807) is 12.1 Å². The molecule has 0 amide bonds. The van der Waals surface area contributed by atoms with E-state index in [1.165, 1.54) is 12.1 Å². The second-order valence-electron chi connectivity index (χ2n) is 3.17. The van der Waals surface area contributed by atoms with Crippen LogP contribution in [0.3, 0.4) is 0 Å². The van der Waals surface area contributed by atoms with E-state index in [9.17, 15) is 4.39 Å². The van der Waals surface area contributed by atoms with E-state index < -0.39 is 0 Å². The Kier molecular flexibility index (Phi) is 2.92. The number of halogens is 1. The number of benzene rings is 1. The number of aromatic nitrogens is 2. The van der Waals surface area contributed by atoms with Crippen LogP contribution in [0.4, 0.5) is 4.39 Å². The van der Waals surface area contributed by atoms with E-state index in [4.69, 9.17) is 9.68 Å². The van der Waals surface area contributed by atoms with Crippen LogP contribution in [0.15, 0.2) is 28.7 Å². The first-order valence-electron chi connectivity index (χ1n) is 4.75. The molecule has 80 valence electrons. The monoisotopic (exact) mass is 217 g/mol. The molecule has 0 bridgehead atoms. The van der Waals surface area contributed by atoms with E-state index in [2.05, 4.69) is 10.2 Å². The Labute approximate surface area is 91.3 Å². The summed E-state index contributed by atoms with van der Waals surface area (Å²) < 4.78 is 18.0. The van der Waals surface area contributed by atoms with E-state index in [0.717, 1.165) is 0 Å². The molecule has 16 heavy (non-hydrogen) atoms. The molecule has 0 saturated heterocycles. The van der Waals surface area contributed by atoms with Crippen LogP contribution < -0.4 is 0 Å². The Hall–Kier alpha value is -2.22. The molecule has 2 aromatic rings. The highest BCUT2D eigenvalue weighted by Gasteiger charge is 2.07. The summed E-state index contributed by atoms with van der Waals surface area (Å²) >= 11 is 0. The summed E-state index contributed by atoms with van der Waals surface area (Å²) in [5, 5.41) is 16.0. The smallest absolute Gasteiger partial charge is 0.247 e. The highest BCUT2D eigenvalue weighted by molar-refractivity contribution is 5.51. The predicted molar refractivity (Wildman–Crippen MR) is 53.6 cm³/mol. The van der Waals surface area contributed by atoms with Gasteiger partial charge in [-0.1, -0.05) is 0 Å². The summed E-state index contributed by atoms with van der Waals surface area (Å²) in [6.07, 6.45) is 0.774. The number of hydrogen-bond donors (Lipinski definition) is 0. The van der Waals surface area contributed by atoms with E-state index >= 15 is 0 Å². The SMILES string of the molecule is N#CCCc1nnc(-c2ccc(F)cc2)o1. The molecular weight excluding hydrogens is 209 g/mol. The maximum atomic E-state index is 12.7. The van der Waals surface area contributed by atoms with Crippen molar-refractivity contribution in [3.8, 4) is 17.5 Å². The van der Waals surface area contributed by atoms with Crippen LogP contribution in [0.25, 0.3) is 11.5 Å². The van der Waals surface area contributed by atoms with Crippen LogP contribution in [0.2, 0.25) is 0 Å². The van der Waals surface area contributed by atoms with Gasteiger partial charge in [-0.05, 0) is 24.3 Å². The molecule has 2 rings (SSSR count). The molecule has 1 aromatic carbocycles. The summed E-state index contributed by atoms with van der Waals surface area (Å²) in [6, 6.07) is 7.78. The summed E-state index contributed by atoms with van der Waals surface area (Å²) in [4.78, 5) is 0. The highest BCUT2D eigenvalue weighted by atomic mass is 19.1. The van der Waals surface area contributed by atoms with Crippen molar-refractivity contribution in [2.45, 2.75) is 12.8 Å². The van der Waals surface area contributed by atoms with Gasteiger partial charge < -0.3 is 4.42 Å². The van der Waals surface area contributed by atoms with Crippen molar-refractivity contribution < 1.29 is 8.81 Å². The second kappa shape index (κ2) is 4.53. The van der Waals surface area contributed by atoms with Crippen molar-refractivity contribution in [1.82, 2.24) is 10.2 Å². The molecule has 0 aliphatic carbocycles. The molecule has 0 fully saturated rings. The molecule has 5 heteroatoms. The summed E-state index contributed by atoms with van der Waals surface area (Å²) in [7, 11) is 0. The van der Waals surface area contributed by atoms with Crippen molar-refractivity contribution in [2.75, 3.05) is 0 Å². The van der Waals surface area contributed by atoms with Crippen LogP contribution in [0.5, 0.6) is 0 Å². The average molecular weight is 217 g/mol. The lowest BCUT2D eigenvalue weighted by Gasteiger charge is -1.93. The molecule has 0 aliphatic heterocycles. The lowest BCUT2D eigenvalue weighted by molar-refractivity contribution is 0.507. The van der Waals surface area contributed by atoms with Gasteiger partial charge in [-0.25, -0.2) is 4.39 Å². The topological polar surface area (TPSA) is 62.7 Å². The van der Waals surface area contributed by atoms with Gasteiger partial charge in [0.05, 0.1) is 6.07 Å². The van der Waals surface area contributed by atoms with E-state index in [0.29, 0.717) is 30.2 Å². The van der Waals surface area contributed by atoms with Gasteiger partial charge in [-0.3, -0.25) is 0 Å². The molecule has 4 nitrogen and oxygen atoms in total. The number of aryl methyl sites for hydroxylation is 1. The molecule has 0 atom stereocenters. The van der Waals surface area contributed by atoms with Crippen molar-refractivity contribution in [3.05, 3.63) is 36.0 Å². The minimum Gasteiger partial charge on any atom is -0.421 e. The standard InChI is InChI=1S/C11H8FN3O/c12-9-5-3-8(4-6-9)11-15-14-10(16-11)2-1-7-13/h3-6H,1-2H2. The first-order valence-corrected chi connectivity index (χ1v) is 4.75. The van der Waals surface area contributed by atoms with Gasteiger partial charge in [0.1, 0.15) is 5.82 Å². The fraction of sp³-hybridized carbons (Fsp3) is 0.182. The number of rotatable bonds is 3. The number of nitrogens with zero attached hydrogens (tertiary/aromatic N) is 3. The maximum Gasteiger partial charge on any atom is 0.247 e. The first kappa shape index (κ1) is 10.3. The fourth-order valence-corrected chi connectivity index (χ4v) is 1.23. The fourth-order valence-electron chi connectivity index (χ4n) is 1.23. The molecule has 1 heterocycles. The Bertz CT molecular complexity index is 513. The molecule has 0 radical (unpaired) electrons. The molecule has 0 spiro atoms. The number of nitriles is 1. The Balaban J connectivity index is 2.18. The minimum absolute atomic E-state index is 0.312. The third-order valence-corrected chi connectivity index (χ3v) is 2.01. The quantitative estimate of drug-likeness (QED) is 0.791. The van der Waals surface area contributed by atoms with E-state index in [1.807, 2.05) is 6.07 Å². The van der Waals surface area contributed by atoms with Crippen LogP contribution in [-0.2, 0) is 6.42 Å². The molecular formula is C11H8FN3O. The average Bonchev–Trinajstić information content (AvgIpc) is 2.76. The Morgan fingerprint density at radius 1 is 1.25 bits per heavy atom. The van der Waals surface area contributed by atoms with Gasteiger partial charge in [0, 0.05) is 18.4 Å². The van der Waals surface area contributed by atoms with Gasteiger partial charge in [-0.2, -0.15) is 5.26 Å². The molecule has 0 unspecified atom stereocenters. The highest BCUT2D eigenvalue weighted by Crippen LogP contribution is 2.18. The van der Waals surface area contributed by atoms with Crippen LogP contribution in [0, 0.1) is 17.1 Å². The van der Waals surface area contributed by atoms with Crippen molar-refractivity contribution in [1.29, 1.82) is 5.26 Å². The van der Waals surface area contributed by atoms with Crippen LogP contribution in [0.1, 0.15) is 12.3 Å². The minimum atomic E-state index is -0.312. The Morgan fingerprint density at radius 3 is 2.69 bits per heavy atom. The van der Waals surface area contributed by atoms with Crippen LogP contribution >= 0.6 is 0 Å². The maximum absolute atomic E-state index is 12.7. The first-order chi connectivity index (χ1) is 7.79. The predicted octanol–water partition coefficient (Wildman–Crippen LogP) is 2.33. The molecule has 0 N–H and O–H groups in total. The zero-order valence-corrected chi connectivity index (χ0v) is 8.35. The summed E-state index contributed by atoms with van der Waals surface area (Å²) in [6.45, 7) is 0. The lowest BCUT2D eigenvalue weighted by atomic mass is 10.2. The largest absolute Gasteiger partial charge is 0.421 e. The van der Waals surface area contributed by atoms with Crippen molar-refractivity contribution in [3.63, 3.8) is 0 Å². The third-order valence-electron chi connectivity index (χ3n) is 2.01. The van der Waals surface area contributed by atoms with Gasteiger partial charge in [0.2, 0.25) is 11.8 Å². The molecule has 0 aliphatic rings. The lowest BCUT2D eigenvalue weighted by Crippen LogP contribution is -1.82. The Morgan fingerprint density at radius 2 is 2.00 bits per heavy atom. The number of hydrogen-bond acceptors (Lipinski definition) is 4. The zero-order chi connectivity index (χ0) is 11.4. The zero-order valence-electron chi connectivity index (χ0n) is 8.35. The van der Waals surface area contributed by atoms with Crippen molar-refractivity contribution in [2.24, 2.45) is 0 Å². The van der Waals surface area contributed by atoms with Crippen LogP contribution in [-0.4, -0.2) is 10.2 Å². The molecule has 0 saturated carbocycles. The van der Waals surface area contributed by atoms with Gasteiger partial charge >= 0.3 is 0 Å². The normalized spacial score (nSPS) is 10.0. The van der Waals surface area contributed by atoms with E-state index in [-0.39, 0.29) is 5.82 Å². The molecule has 1 aromatic heterocycles. The van der Waals surface area contributed by atoms with Crippen molar-refractivity contribution >= 4 is 0 Å². The summed E-state index contributed by atoms with van der Waals surface area (Å²) in [5.41, 5.74) is 0.664. The van der Waals surface area contributed by atoms with Gasteiger partial charge in [0.25, 0.3) is 0 Å². The van der Waals surface area contributed by atoms with Gasteiger partial charge in [-0.15, -0.1) is 10.2 Å². The second-order valence-corrected chi connectivity index (χ2v) is 3.17. The third kappa shape index (κ3) is 2.23. The summed E-state index contributed by atoms with van der Waals surface area (Å²) in [5.74, 6) is 0.446.